The second-order valence-corrected chi connectivity index (χ2v) is 13.6. The summed E-state index contributed by atoms with van der Waals surface area (Å²) >= 11 is 0. The molecule has 0 amide bonds. The van der Waals surface area contributed by atoms with Crippen molar-refractivity contribution in [1.82, 2.24) is 0 Å². The normalized spacial score (nSPS) is 19.5. The van der Waals surface area contributed by atoms with Crippen LogP contribution in [0.25, 0.3) is 0 Å². The largest absolute Gasteiger partial charge is 0.245 e. The molecule has 0 radical (unpaired) electrons. The molecular weight excluding hydrogens is 633 g/mol. The summed E-state index contributed by atoms with van der Waals surface area (Å²) in [4.78, 5) is 22.9. The number of hydrogen-bond donors (Lipinski definition) is 0. The lowest BCUT2D eigenvalue weighted by molar-refractivity contribution is 0.420. The van der Waals surface area contributed by atoms with E-state index in [1.807, 2.05) is 0 Å². The van der Waals surface area contributed by atoms with Crippen LogP contribution >= 0.6 is 0 Å². The molecule has 4 heteroatoms. The van der Waals surface area contributed by atoms with E-state index in [1.54, 1.807) is 0 Å². The Bertz CT molecular complexity index is 2110. The van der Waals surface area contributed by atoms with Crippen LogP contribution in [0.15, 0.2) is 190 Å². The van der Waals surface area contributed by atoms with Crippen LogP contribution in [0.3, 0.4) is 0 Å². The van der Waals surface area contributed by atoms with Crippen LogP contribution in [0.4, 0.5) is 0 Å². The molecule has 2 unspecified atom stereocenters. The highest BCUT2D eigenvalue weighted by Crippen LogP contribution is 2.55. The van der Waals surface area contributed by atoms with Gasteiger partial charge in [-0.15, -0.1) is 0 Å². The van der Waals surface area contributed by atoms with Gasteiger partial charge in [0, 0.05) is 11.1 Å². The first-order valence-electron chi connectivity index (χ1n) is 18.4. The number of nitrogens with zero attached hydrogens (tertiary/aromatic N) is 4. The molecule has 2 heterocycles. The van der Waals surface area contributed by atoms with E-state index < -0.39 is 11.1 Å². The summed E-state index contributed by atoms with van der Waals surface area (Å²) in [6, 6.07) is 59.7. The molecule has 0 saturated carbocycles. The van der Waals surface area contributed by atoms with E-state index in [4.69, 9.17) is 20.0 Å². The highest BCUT2D eigenvalue weighted by atomic mass is 15.2. The minimum absolute atomic E-state index is 0.682. The Kier molecular flexibility index (Phi) is 9.13. The van der Waals surface area contributed by atoms with Gasteiger partial charge in [0.25, 0.3) is 0 Å². The minimum Gasteiger partial charge on any atom is -0.245 e. The van der Waals surface area contributed by atoms with Crippen LogP contribution in [0.2, 0.25) is 0 Å². The lowest BCUT2D eigenvalue weighted by atomic mass is 9.62. The third-order valence-electron chi connectivity index (χ3n) is 10.2. The molecule has 0 N–H and O–H groups in total. The molecule has 8 rings (SSSR count). The Labute approximate surface area is 307 Å². The molecule has 4 nitrogen and oxygen atoms in total. The summed E-state index contributed by atoms with van der Waals surface area (Å²) in [5.74, 6) is 1.36. The van der Waals surface area contributed by atoms with Crippen molar-refractivity contribution in [2.24, 2.45) is 20.0 Å². The maximum absolute atomic E-state index is 5.89. The van der Waals surface area contributed by atoms with Crippen LogP contribution in [-0.2, 0) is 23.9 Å². The summed E-state index contributed by atoms with van der Waals surface area (Å²) in [5, 5.41) is 0. The zero-order chi connectivity index (χ0) is 35.4. The van der Waals surface area contributed by atoms with Gasteiger partial charge in [0.1, 0.15) is 0 Å². The van der Waals surface area contributed by atoms with Crippen molar-refractivity contribution in [1.29, 1.82) is 0 Å². The van der Waals surface area contributed by atoms with Crippen LogP contribution in [0, 0.1) is 0 Å². The van der Waals surface area contributed by atoms with Crippen LogP contribution in [0.5, 0.6) is 0 Å². The molecule has 254 valence electrons. The molecule has 0 saturated heterocycles. The van der Waals surface area contributed by atoms with Crippen molar-refractivity contribution in [2.45, 2.75) is 50.6 Å². The van der Waals surface area contributed by atoms with Crippen molar-refractivity contribution in [3.8, 4) is 0 Å². The van der Waals surface area contributed by atoms with Crippen molar-refractivity contribution >= 4 is 23.1 Å². The zero-order valence-electron chi connectivity index (χ0n) is 29.8. The lowest BCUT2D eigenvalue weighted by Crippen LogP contribution is -2.55. The maximum atomic E-state index is 5.89. The van der Waals surface area contributed by atoms with E-state index in [0.717, 1.165) is 70.5 Å². The fraction of sp³-hybridized carbons (Fsp3) is 0.167. The lowest BCUT2D eigenvalue weighted by Gasteiger charge is -2.44. The maximum Gasteiger partial charge on any atom is 0.165 e. The standard InChI is InChI=1S/C48H42N4/c1-3-17-35-27-31-39(32-28-35)45-49-43(37-19-9-5-10-20-37)47(51-45,41-23-13-7-14-24-41)48(42-25-15-8-16-26-42)44(38-21-11-6-12-22-38)50-46(52-48)40-33-29-36(18-4-2)30-34-40/h5-16,19-34H,3-4,17-18H2,1-2H3. The van der Waals surface area contributed by atoms with E-state index in [9.17, 15) is 0 Å². The molecule has 0 aliphatic carbocycles. The fourth-order valence-electron chi connectivity index (χ4n) is 7.75. The molecule has 0 fully saturated rings. The number of aryl methyl sites for hydroxylation is 2. The quantitative estimate of drug-likeness (QED) is 0.131. The van der Waals surface area contributed by atoms with Gasteiger partial charge in [0.05, 0.1) is 11.4 Å². The second kappa shape index (κ2) is 14.3. The first kappa shape index (κ1) is 33.2. The third kappa shape index (κ3) is 5.75. The second-order valence-electron chi connectivity index (χ2n) is 13.6. The van der Waals surface area contributed by atoms with E-state index in [0.29, 0.717) is 11.7 Å². The molecule has 6 aromatic carbocycles. The molecule has 2 atom stereocenters. The third-order valence-corrected chi connectivity index (χ3v) is 10.2. The number of rotatable bonds is 11. The Morgan fingerprint density at radius 2 is 0.692 bits per heavy atom. The van der Waals surface area contributed by atoms with E-state index in [2.05, 4.69) is 184 Å². The summed E-state index contributed by atoms with van der Waals surface area (Å²) in [5.41, 5.74) is 7.90. The van der Waals surface area contributed by atoms with Gasteiger partial charge >= 0.3 is 0 Å². The molecule has 52 heavy (non-hydrogen) atoms. The van der Waals surface area contributed by atoms with Crippen LogP contribution < -0.4 is 0 Å². The first-order chi connectivity index (χ1) is 25.7. The van der Waals surface area contributed by atoms with E-state index in [-0.39, 0.29) is 0 Å². The Balaban J connectivity index is 1.50. The first-order valence-corrected chi connectivity index (χ1v) is 18.4. The molecule has 0 aromatic heterocycles. The van der Waals surface area contributed by atoms with E-state index in [1.165, 1.54) is 11.1 Å². The topological polar surface area (TPSA) is 49.4 Å². The SMILES string of the molecule is CCCc1ccc(C2=NC(c3ccccc3)(C3(c4ccccc4)N=C(c4ccc(CCC)cc4)N=C3c3ccccc3)C(c3ccccc3)=N2)cc1. The van der Waals surface area contributed by atoms with Crippen molar-refractivity contribution in [3.05, 3.63) is 214 Å². The summed E-state index contributed by atoms with van der Waals surface area (Å²) in [6.45, 7) is 4.43. The highest BCUT2D eigenvalue weighted by Gasteiger charge is 2.64. The average molecular weight is 675 g/mol. The van der Waals surface area contributed by atoms with Gasteiger partial charge in [-0.2, -0.15) is 0 Å². The van der Waals surface area contributed by atoms with Crippen molar-refractivity contribution in [3.63, 3.8) is 0 Å². The molecule has 0 spiro atoms. The van der Waals surface area contributed by atoms with Gasteiger partial charge in [-0.25, -0.2) is 20.0 Å². The molecule has 6 aromatic rings. The van der Waals surface area contributed by atoms with Crippen molar-refractivity contribution in [2.75, 3.05) is 0 Å². The minimum atomic E-state index is -1.15. The number of benzene rings is 6. The number of aliphatic imine (C=N–C) groups is 4. The average Bonchev–Trinajstić information content (AvgIpc) is 3.83. The molecule has 0 bridgehead atoms. The predicted octanol–water partition coefficient (Wildman–Crippen LogP) is 10.6. The smallest absolute Gasteiger partial charge is 0.165 e. The van der Waals surface area contributed by atoms with Gasteiger partial charge in [0.2, 0.25) is 0 Å². The van der Waals surface area contributed by atoms with Gasteiger partial charge in [-0.3, -0.25) is 0 Å². The number of hydrogen-bond acceptors (Lipinski definition) is 4. The molecule has 2 aliphatic heterocycles. The Hall–Kier alpha value is -6.00. The Morgan fingerprint density at radius 3 is 1.02 bits per heavy atom. The summed E-state index contributed by atoms with van der Waals surface area (Å²) in [7, 11) is 0. The van der Waals surface area contributed by atoms with Gasteiger partial charge in [-0.05, 0) is 46.2 Å². The Morgan fingerprint density at radius 1 is 0.365 bits per heavy atom. The molecule has 2 aliphatic rings. The monoisotopic (exact) mass is 674 g/mol. The van der Waals surface area contributed by atoms with Gasteiger partial charge in [-0.1, -0.05) is 197 Å². The van der Waals surface area contributed by atoms with Crippen LogP contribution in [0.1, 0.15) is 71.2 Å². The summed E-state index contributed by atoms with van der Waals surface area (Å²) < 4.78 is 0. The zero-order valence-corrected chi connectivity index (χ0v) is 29.8. The van der Waals surface area contributed by atoms with Gasteiger partial charge in [0.15, 0.2) is 22.7 Å². The number of amidine groups is 2. The fourth-order valence-corrected chi connectivity index (χ4v) is 7.75. The van der Waals surface area contributed by atoms with E-state index >= 15 is 0 Å². The van der Waals surface area contributed by atoms with Gasteiger partial charge < -0.3 is 0 Å². The highest BCUT2D eigenvalue weighted by molar-refractivity contribution is 6.29. The predicted molar refractivity (Wildman–Crippen MR) is 216 cm³/mol. The van der Waals surface area contributed by atoms with Crippen molar-refractivity contribution < 1.29 is 0 Å². The molecular formula is C48H42N4. The van der Waals surface area contributed by atoms with Crippen LogP contribution in [-0.4, -0.2) is 23.1 Å². The summed E-state index contributed by atoms with van der Waals surface area (Å²) in [6.07, 6.45) is 4.25.